The van der Waals surface area contributed by atoms with Crippen LogP contribution in [0.1, 0.15) is 56.6 Å². The lowest BCUT2D eigenvalue weighted by Gasteiger charge is -2.50. The quantitative estimate of drug-likeness (QED) is 0.528. The molecule has 3 aliphatic carbocycles. The van der Waals surface area contributed by atoms with Crippen molar-refractivity contribution in [2.45, 2.75) is 58.0 Å². The van der Waals surface area contributed by atoms with Crippen LogP contribution >= 0.6 is 0 Å². The summed E-state index contributed by atoms with van der Waals surface area (Å²) < 4.78 is 39.0. The van der Waals surface area contributed by atoms with E-state index in [0.29, 0.717) is 22.6 Å². The molecule has 0 bridgehead atoms. The lowest BCUT2D eigenvalue weighted by atomic mass is 9.55. The summed E-state index contributed by atoms with van der Waals surface area (Å²) >= 11 is 0. The first kappa shape index (κ1) is 22.5. The number of hydrogen-bond donors (Lipinski definition) is 2. The number of carbonyl (C=O) groups excluding carboxylic acids is 1. The molecule has 2 unspecified atom stereocenters. The molecule has 1 amide bonds. The van der Waals surface area contributed by atoms with Gasteiger partial charge in [-0.3, -0.25) is 9.35 Å². The lowest BCUT2D eigenvalue weighted by Crippen LogP contribution is -2.44. The fourth-order valence-electron chi connectivity index (χ4n) is 6.34. The summed E-state index contributed by atoms with van der Waals surface area (Å²) in [4.78, 5) is 12.4. The van der Waals surface area contributed by atoms with Crippen LogP contribution in [0.5, 0.6) is 0 Å². The molecule has 2 fully saturated rings. The summed E-state index contributed by atoms with van der Waals surface area (Å²) in [5, 5.41) is 10.6. The second-order valence-corrected chi connectivity index (χ2v) is 10.6. The number of nitrogens with zero attached hydrogens (tertiary/aromatic N) is 1. The fraction of sp³-hybridized carbons (Fsp3) is 0.609. The van der Waals surface area contributed by atoms with E-state index in [1.165, 1.54) is 5.56 Å². The Kier molecular flexibility index (Phi) is 5.79. The van der Waals surface area contributed by atoms with Gasteiger partial charge in [-0.2, -0.15) is 12.7 Å². The Bertz CT molecular complexity index is 1010. The molecule has 31 heavy (non-hydrogen) atoms. The summed E-state index contributed by atoms with van der Waals surface area (Å²) in [6.45, 7) is 8.00. The van der Waals surface area contributed by atoms with Crippen molar-refractivity contribution in [3.8, 4) is 0 Å². The van der Waals surface area contributed by atoms with Crippen molar-refractivity contribution >= 4 is 21.9 Å². The summed E-state index contributed by atoms with van der Waals surface area (Å²) in [5.41, 5.74) is 3.33. The van der Waals surface area contributed by atoms with E-state index in [-0.39, 0.29) is 29.7 Å². The molecule has 170 valence electrons. The van der Waals surface area contributed by atoms with Crippen LogP contribution in [-0.4, -0.2) is 43.3 Å². The number of aliphatic hydroxyl groups excluding tert-OH is 1. The summed E-state index contributed by atoms with van der Waals surface area (Å²) in [6.07, 6.45) is 3.88. The average molecular weight is 450 g/mol. The van der Waals surface area contributed by atoms with Gasteiger partial charge < -0.3 is 9.84 Å². The van der Waals surface area contributed by atoms with E-state index < -0.39 is 22.8 Å². The SMILES string of the molecule is C=C1C[C@H](O)[C@@]2(C)CCC3c4ccc(N(C(=O)COCC)S(=O)(=O)O)cc4CCC3[C@H]12. The lowest BCUT2D eigenvalue weighted by molar-refractivity contribution is -0.121. The van der Waals surface area contributed by atoms with Gasteiger partial charge in [-0.05, 0) is 80.0 Å². The first-order valence-corrected chi connectivity index (χ1v) is 12.3. The molecule has 0 aliphatic heterocycles. The van der Waals surface area contributed by atoms with Crippen LogP contribution in [0.25, 0.3) is 0 Å². The Balaban J connectivity index is 1.66. The standard InChI is InChI=1S/C23H31NO6S/c1-4-30-13-21(26)24(31(27,28)29)16-6-8-17-15(12-16)5-7-19-18(17)9-10-23(3)20(25)11-14(2)22(19)23/h6,8,12,18-20,22,25H,2,4-5,7,9-11,13H2,1,3H3,(H,27,28,29)/t18?,19?,20-,22-,23+/m0/s1. The number of fused-ring (bicyclic) bond motifs is 5. The predicted octanol–water partition coefficient (Wildman–Crippen LogP) is 3.24. The van der Waals surface area contributed by atoms with Crippen LogP contribution in [0.2, 0.25) is 0 Å². The van der Waals surface area contributed by atoms with Crippen LogP contribution in [0.3, 0.4) is 0 Å². The zero-order valence-corrected chi connectivity index (χ0v) is 18.9. The molecule has 4 rings (SSSR count). The van der Waals surface area contributed by atoms with Crippen molar-refractivity contribution in [3.05, 3.63) is 41.5 Å². The highest BCUT2D eigenvalue weighted by Crippen LogP contribution is 2.62. The number of ether oxygens (including phenoxy) is 1. The van der Waals surface area contributed by atoms with E-state index in [0.717, 1.165) is 36.8 Å². The van der Waals surface area contributed by atoms with Gasteiger partial charge in [0.15, 0.2) is 0 Å². The maximum absolute atomic E-state index is 12.4. The van der Waals surface area contributed by atoms with Gasteiger partial charge in [0.2, 0.25) is 0 Å². The molecular weight excluding hydrogens is 418 g/mol. The van der Waals surface area contributed by atoms with Gasteiger partial charge in [-0.1, -0.05) is 25.1 Å². The van der Waals surface area contributed by atoms with Crippen LogP contribution in [-0.2, 0) is 26.3 Å². The molecule has 2 saturated carbocycles. The van der Waals surface area contributed by atoms with Crippen LogP contribution < -0.4 is 4.31 Å². The summed E-state index contributed by atoms with van der Waals surface area (Å²) in [7, 11) is -4.77. The third-order valence-electron chi connectivity index (χ3n) is 7.70. The number of anilines is 1. The maximum atomic E-state index is 12.4. The highest BCUT2D eigenvalue weighted by molar-refractivity contribution is 7.88. The number of hydrogen-bond acceptors (Lipinski definition) is 5. The van der Waals surface area contributed by atoms with Gasteiger partial charge in [0.05, 0.1) is 11.8 Å². The van der Waals surface area contributed by atoms with Gasteiger partial charge in [-0.25, -0.2) is 0 Å². The number of benzene rings is 1. The number of aliphatic hydroxyl groups is 1. The zero-order valence-electron chi connectivity index (χ0n) is 18.1. The van der Waals surface area contributed by atoms with E-state index in [1.54, 1.807) is 19.1 Å². The smallest absolute Gasteiger partial charge is 0.366 e. The number of carbonyl (C=O) groups is 1. The minimum atomic E-state index is -4.77. The highest BCUT2D eigenvalue weighted by atomic mass is 32.2. The monoisotopic (exact) mass is 449 g/mol. The number of amides is 1. The van der Waals surface area contributed by atoms with Gasteiger partial charge in [0, 0.05) is 12.0 Å². The van der Waals surface area contributed by atoms with Crippen molar-refractivity contribution in [1.29, 1.82) is 0 Å². The Hall–Kier alpha value is -1.74. The van der Waals surface area contributed by atoms with Crippen molar-refractivity contribution in [3.63, 3.8) is 0 Å². The predicted molar refractivity (Wildman–Crippen MR) is 117 cm³/mol. The van der Waals surface area contributed by atoms with E-state index in [9.17, 15) is 22.9 Å². The third-order valence-corrected chi connectivity index (χ3v) is 8.58. The normalized spacial score (nSPS) is 32.2. The van der Waals surface area contributed by atoms with Crippen molar-refractivity contribution in [2.75, 3.05) is 17.5 Å². The molecule has 0 heterocycles. The largest absolute Gasteiger partial charge is 0.392 e. The van der Waals surface area contributed by atoms with Gasteiger partial charge in [0.1, 0.15) is 6.61 Å². The molecular formula is C23H31NO6S. The number of rotatable bonds is 5. The Morgan fingerprint density at radius 2 is 2.10 bits per heavy atom. The molecule has 7 nitrogen and oxygen atoms in total. The van der Waals surface area contributed by atoms with Crippen LogP contribution in [0.15, 0.2) is 30.4 Å². The minimum Gasteiger partial charge on any atom is -0.392 e. The molecule has 0 aromatic heterocycles. The Labute approximate surface area is 184 Å². The topological polar surface area (TPSA) is 104 Å². The van der Waals surface area contributed by atoms with E-state index in [4.69, 9.17) is 4.74 Å². The van der Waals surface area contributed by atoms with E-state index >= 15 is 0 Å². The maximum Gasteiger partial charge on any atom is 0.366 e. The molecule has 2 N–H and O–H groups in total. The Morgan fingerprint density at radius 3 is 2.77 bits per heavy atom. The first-order valence-electron chi connectivity index (χ1n) is 10.9. The summed E-state index contributed by atoms with van der Waals surface area (Å²) in [6, 6.07) is 5.19. The molecule has 5 atom stereocenters. The second kappa shape index (κ2) is 7.99. The minimum absolute atomic E-state index is 0.122. The molecule has 8 heteroatoms. The van der Waals surface area contributed by atoms with Gasteiger partial charge in [-0.15, -0.1) is 0 Å². The fourth-order valence-corrected chi connectivity index (χ4v) is 7.03. The first-order chi connectivity index (χ1) is 14.6. The molecule has 0 radical (unpaired) electrons. The van der Waals surface area contributed by atoms with E-state index in [1.807, 2.05) is 6.07 Å². The summed E-state index contributed by atoms with van der Waals surface area (Å²) in [5.74, 6) is 0.175. The average Bonchev–Trinajstić information content (AvgIpc) is 2.93. The highest BCUT2D eigenvalue weighted by Gasteiger charge is 2.56. The molecule has 0 saturated heterocycles. The molecule has 0 spiro atoms. The van der Waals surface area contributed by atoms with E-state index in [2.05, 4.69) is 13.5 Å². The van der Waals surface area contributed by atoms with Crippen molar-refractivity contribution in [1.82, 2.24) is 0 Å². The van der Waals surface area contributed by atoms with Crippen molar-refractivity contribution in [2.24, 2.45) is 17.3 Å². The van der Waals surface area contributed by atoms with Crippen LogP contribution in [0, 0.1) is 17.3 Å². The number of aryl methyl sites for hydroxylation is 1. The zero-order chi connectivity index (χ0) is 22.6. The van der Waals surface area contributed by atoms with Crippen LogP contribution in [0.4, 0.5) is 5.69 Å². The second-order valence-electron chi connectivity index (χ2n) is 9.37. The molecule has 1 aromatic rings. The van der Waals surface area contributed by atoms with Crippen molar-refractivity contribution < 1.29 is 27.6 Å². The molecule has 3 aliphatic rings. The Morgan fingerprint density at radius 1 is 1.35 bits per heavy atom. The molecule has 1 aromatic carbocycles. The third kappa shape index (κ3) is 3.73. The van der Waals surface area contributed by atoms with Gasteiger partial charge in [0.25, 0.3) is 5.91 Å². The van der Waals surface area contributed by atoms with Gasteiger partial charge >= 0.3 is 10.3 Å².